The lowest BCUT2D eigenvalue weighted by Gasteiger charge is -2.25. The second-order valence-electron chi connectivity index (χ2n) is 4.62. The largest absolute Gasteiger partial charge is 0.375 e. The maximum absolute atomic E-state index is 5.59. The van der Waals surface area contributed by atoms with Crippen LogP contribution in [0.4, 0.5) is 5.13 Å². The van der Waals surface area contributed by atoms with Crippen LogP contribution in [0.2, 0.25) is 0 Å². The van der Waals surface area contributed by atoms with Gasteiger partial charge in [0.05, 0.1) is 5.69 Å². The molecule has 3 N–H and O–H groups in total. The molecule has 1 aromatic heterocycles. The van der Waals surface area contributed by atoms with Crippen molar-refractivity contribution in [2.24, 2.45) is 0 Å². The van der Waals surface area contributed by atoms with Crippen molar-refractivity contribution < 1.29 is 0 Å². The van der Waals surface area contributed by atoms with Gasteiger partial charge in [0.1, 0.15) is 0 Å². The normalized spacial score (nSPS) is 19.5. The van der Waals surface area contributed by atoms with Crippen molar-refractivity contribution >= 4 is 16.5 Å². The van der Waals surface area contributed by atoms with Gasteiger partial charge in [0.2, 0.25) is 0 Å². The van der Waals surface area contributed by atoms with Crippen molar-refractivity contribution in [2.75, 3.05) is 12.3 Å². The van der Waals surface area contributed by atoms with E-state index in [0.29, 0.717) is 10.7 Å². The van der Waals surface area contributed by atoms with E-state index >= 15 is 0 Å². The molecule has 0 bridgehead atoms. The highest BCUT2D eigenvalue weighted by atomic mass is 32.1. The molecular formula is C11H19N3S. The minimum atomic E-state index is 0.377. The number of thiazole rings is 1. The fraction of sp³-hybridized carbons (Fsp3) is 0.727. The Hall–Kier alpha value is -0.610. The van der Waals surface area contributed by atoms with E-state index in [9.17, 15) is 0 Å². The smallest absolute Gasteiger partial charge is 0.180 e. The maximum Gasteiger partial charge on any atom is 0.180 e. The van der Waals surface area contributed by atoms with E-state index in [0.717, 1.165) is 18.7 Å². The minimum absolute atomic E-state index is 0.377. The molecule has 2 rings (SSSR count). The Bertz CT molecular complexity index is 315. The van der Waals surface area contributed by atoms with E-state index < -0.39 is 0 Å². The number of hydrogen-bond donors (Lipinski definition) is 2. The summed E-state index contributed by atoms with van der Waals surface area (Å²) in [5, 5.41) is 6.37. The van der Waals surface area contributed by atoms with Gasteiger partial charge in [-0.2, -0.15) is 0 Å². The molecule has 0 saturated heterocycles. The number of aromatic nitrogens is 1. The zero-order chi connectivity index (χ0) is 10.7. The first-order chi connectivity index (χ1) is 7.18. The van der Waals surface area contributed by atoms with Gasteiger partial charge in [-0.3, -0.25) is 0 Å². The van der Waals surface area contributed by atoms with E-state index in [2.05, 4.69) is 17.2 Å². The molecule has 0 unspecified atom stereocenters. The fourth-order valence-electron chi connectivity index (χ4n) is 2.26. The van der Waals surface area contributed by atoms with Gasteiger partial charge in [-0.1, -0.05) is 12.8 Å². The molecular weight excluding hydrogens is 206 g/mol. The van der Waals surface area contributed by atoms with Gasteiger partial charge in [-0.05, 0) is 19.8 Å². The Morgan fingerprint density at radius 3 is 2.87 bits per heavy atom. The molecule has 0 amide bonds. The third-order valence-corrected chi connectivity index (χ3v) is 3.93. The molecule has 1 aromatic rings. The van der Waals surface area contributed by atoms with E-state index in [-0.39, 0.29) is 0 Å². The van der Waals surface area contributed by atoms with Crippen LogP contribution in [0.3, 0.4) is 0 Å². The van der Waals surface area contributed by atoms with Gasteiger partial charge in [0, 0.05) is 23.9 Å². The lowest BCUT2D eigenvalue weighted by Crippen LogP contribution is -2.40. The number of nitrogens with two attached hydrogens (primary N) is 1. The van der Waals surface area contributed by atoms with E-state index in [1.54, 1.807) is 0 Å². The lowest BCUT2D eigenvalue weighted by atomic mass is 10.0. The molecule has 1 saturated carbocycles. The summed E-state index contributed by atoms with van der Waals surface area (Å²) in [6.07, 6.45) is 6.35. The number of nitrogens with one attached hydrogen (secondary N) is 1. The summed E-state index contributed by atoms with van der Waals surface area (Å²) < 4.78 is 0. The molecule has 1 heterocycles. The summed E-state index contributed by atoms with van der Waals surface area (Å²) in [6, 6.07) is 0. The Kier molecular flexibility index (Phi) is 3.26. The average molecular weight is 225 g/mol. The summed E-state index contributed by atoms with van der Waals surface area (Å²) in [5.74, 6) is 0. The van der Waals surface area contributed by atoms with Gasteiger partial charge in [-0.25, -0.2) is 4.98 Å². The van der Waals surface area contributed by atoms with E-state index in [1.165, 1.54) is 37.0 Å². The SMILES string of the molecule is CC1(NCCc2csc(N)n2)CCCC1. The third kappa shape index (κ3) is 2.92. The predicted molar refractivity (Wildman–Crippen MR) is 65.1 cm³/mol. The zero-order valence-electron chi connectivity index (χ0n) is 9.25. The number of anilines is 1. The highest BCUT2D eigenvalue weighted by molar-refractivity contribution is 7.13. The molecule has 0 atom stereocenters. The predicted octanol–water partition coefficient (Wildman–Crippen LogP) is 2.19. The lowest BCUT2D eigenvalue weighted by molar-refractivity contribution is 0.367. The molecule has 0 aliphatic heterocycles. The topological polar surface area (TPSA) is 50.9 Å². The highest BCUT2D eigenvalue weighted by Gasteiger charge is 2.27. The summed E-state index contributed by atoms with van der Waals surface area (Å²) >= 11 is 1.53. The molecule has 1 aliphatic rings. The van der Waals surface area contributed by atoms with Gasteiger partial charge in [0.15, 0.2) is 5.13 Å². The molecule has 0 spiro atoms. The van der Waals surface area contributed by atoms with Crippen LogP contribution in [0, 0.1) is 0 Å². The van der Waals surface area contributed by atoms with Crippen LogP contribution in [0.15, 0.2) is 5.38 Å². The molecule has 4 heteroatoms. The molecule has 0 aromatic carbocycles. The van der Waals surface area contributed by atoms with Crippen molar-refractivity contribution in [3.8, 4) is 0 Å². The average Bonchev–Trinajstić information content (AvgIpc) is 2.76. The summed E-state index contributed by atoms with van der Waals surface area (Å²) in [5.41, 5.74) is 7.08. The van der Waals surface area contributed by atoms with Crippen LogP contribution in [-0.2, 0) is 6.42 Å². The minimum Gasteiger partial charge on any atom is -0.375 e. The first kappa shape index (κ1) is 10.9. The number of rotatable bonds is 4. The number of hydrogen-bond acceptors (Lipinski definition) is 4. The molecule has 1 fully saturated rings. The van der Waals surface area contributed by atoms with Crippen LogP contribution in [0.5, 0.6) is 0 Å². The monoisotopic (exact) mass is 225 g/mol. The van der Waals surface area contributed by atoms with Gasteiger partial charge in [0.25, 0.3) is 0 Å². The van der Waals surface area contributed by atoms with Crippen molar-refractivity contribution in [3.05, 3.63) is 11.1 Å². The standard InChI is InChI=1S/C11H19N3S/c1-11(5-2-3-6-11)13-7-4-9-8-15-10(12)14-9/h8,13H,2-7H2,1H3,(H2,12,14). The zero-order valence-corrected chi connectivity index (χ0v) is 10.1. The summed E-state index contributed by atoms with van der Waals surface area (Å²) in [4.78, 5) is 4.25. The third-order valence-electron chi connectivity index (χ3n) is 3.21. The van der Waals surface area contributed by atoms with Crippen LogP contribution >= 0.6 is 11.3 Å². The molecule has 84 valence electrons. The quantitative estimate of drug-likeness (QED) is 0.826. The Morgan fingerprint density at radius 2 is 2.27 bits per heavy atom. The Balaban J connectivity index is 1.75. The number of nitrogen functional groups attached to an aromatic ring is 1. The van der Waals surface area contributed by atoms with Crippen LogP contribution < -0.4 is 11.1 Å². The highest BCUT2D eigenvalue weighted by Crippen LogP contribution is 2.28. The fourth-order valence-corrected chi connectivity index (χ4v) is 2.86. The molecule has 0 radical (unpaired) electrons. The molecule has 1 aliphatic carbocycles. The van der Waals surface area contributed by atoms with Gasteiger partial charge < -0.3 is 11.1 Å². The molecule has 15 heavy (non-hydrogen) atoms. The Morgan fingerprint density at radius 1 is 1.53 bits per heavy atom. The first-order valence-corrected chi connectivity index (χ1v) is 6.51. The van der Waals surface area contributed by atoms with Crippen molar-refractivity contribution in [3.63, 3.8) is 0 Å². The van der Waals surface area contributed by atoms with Crippen molar-refractivity contribution in [1.82, 2.24) is 10.3 Å². The van der Waals surface area contributed by atoms with Crippen LogP contribution in [0.25, 0.3) is 0 Å². The second kappa shape index (κ2) is 4.49. The Labute approximate surface area is 95.1 Å². The van der Waals surface area contributed by atoms with E-state index in [1.807, 2.05) is 5.38 Å². The van der Waals surface area contributed by atoms with E-state index in [4.69, 9.17) is 5.73 Å². The van der Waals surface area contributed by atoms with Crippen molar-refractivity contribution in [2.45, 2.75) is 44.6 Å². The summed E-state index contributed by atoms with van der Waals surface area (Å²) in [7, 11) is 0. The number of nitrogens with zero attached hydrogens (tertiary/aromatic N) is 1. The maximum atomic E-state index is 5.59. The molecule has 3 nitrogen and oxygen atoms in total. The van der Waals surface area contributed by atoms with Crippen LogP contribution in [-0.4, -0.2) is 17.1 Å². The second-order valence-corrected chi connectivity index (χ2v) is 5.51. The van der Waals surface area contributed by atoms with Crippen LogP contribution in [0.1, 0.15) is 38.3 Å². The van der Waals surface area contributed by atoms with Gasteiger partial charge >= 0.3 is 0 Å². The van der Waals surface area contributed by atoms with Gasteiger partial charge in [-0.15, -0.1) is 11.3 Å². The van der Waals surface area contributed by atoms with Crippen molar-refractivity contribution in [1.29, 1.82) is 0 Å². The summed E-state index contributed by atoms with van der Waals surface area (Å²) in [6.45, 7) is 3.34. The first-order valence-electron chi connectivity index (χ1n) is 5.63.